The molecule has 0 spiro atoms. The van der Waals surface area contributed by atoms with Crippen molar-refractivity contribution in [1.82, 2.24) is 9.97 Å². The van der Waals surface area contributed by atoms with Crippen molar-refractivity contribution in [3.05, 3.63) is 6.33 Å². The number of nitrogens with two attached hydrogens (primary N) is 1. The van der Waals surface area contributed by atoms with Crippen molar-refractivity contribution in [2.24, 2.45) is 5.92 Å². The Hall–Kier alpha value is -1.52. The van der Waals surface area contributed by atoms with E-state index in [4.69, 9.17) is 15.2 Å². The van der Waals surface area contributed by atoms with Gasteiger partial charge in [-0.2, -0.15) is 9.97 Å². The van der Waals surface area contributed by atoms with Gasteiger partial charge in [0.15, 0.2) is 5.69 Å². The number of nitrogens with zero attached hydrogens (tertiary/aromatic N) is 2. The van der Waals surface area contributed by atoms with Gasteiger partial charge in [-0.15, -0.1) is 0 Å². The average molecular weight is 265 g/mol. The highest BCUT2D eigenvalue weighted by Gasteiger charge is 2.21. The zero-order chi connectivity index (χ0) is 13.7. The Kier molecular flexibility index (Phi) is 4.82. The van der Waals surface area contributed by atoms with Crippen LogP contribution in [0.4, 0.5) is 5.69 Å². The highest BCUT2D eigenvalue weighted by molar-refractivity contribution is 5.55. The summed E-state index contributed by atoms with van der Waals surface area (Å²) in [6.07, 6.45) is 7.12. The molecule has 5 nitrogen and oxygen atoms in total. The number of aromatic nitrogens is 2. The molecule has 0 aliphatic heterocycles. The van der Waals surface area contributed by atoms with Gasteiger partial charge in [0.1, 0.15) is 12.4 Å². The quantitative estimate of drug-likeness (QED) is 0.886. The molecule has 0 unspecified atom stereocenters. The van der Waals surface area contributed by atoms with Crippen molar-refractivity contribution in [1.29, 1.82) is 0 Å². The molecule has 1 fully saturated rings. The lowest BCUT2D eigenvalue weighted by atomic mass is 9.89. The van der Waals surface area contributed by atoms with E-state index in [2.05, 4.69) is 16.9 Å². The maximum Gasteiger partial charge on any atom is 0.244 e. The van der Waals surface area contributed by atoms with Crippen LogP contribution in [0.5, 0.6) is 11.8 Å². The summed E-state index contributed by atoms with van der Waals surface area (Å²) in [4.78, 5) is 8.17. The van der Waals surface area contributed by atoms with E-state index in [0.29, 0.717) is 24.1 Å². The van der Waals surface area contributed by atoms with Gasteiger partial charge < -0.3 is 15.2 Å². The second-order valence-electron chi connectivity index (χ2n) is 5.25. The summed E-state index contributed by atoms with van der Waals surface area (Å²) in [5.41, 5.74) is 6.41. The Balaban J connectivity index is 1.99. The van der Waals surface area contributed by atoms with E-state index >= 15 is 0 Å². The fourth-order valence-electron chi connectivity index (χ4n) is 2.28. The first kappa shape index (κ1) is 13.9. The minimum atomic E-state index is 0.215. The monoisotopic (exact) mass is 265 g/mol. The first-order valence-corrected chi connectivity index (χ1v) is 7.10. The third-order valence-electron chi connectivity index (χ3n) is 3.49. The van der Waals surface area contributed by atoms with Crippen molar-refractivity contribution >= 4 is 5.69 Å². The number of hydrogen-bond donors (Lipinski definition) is 1. The SMILES string of the molecule is CCCOc1ncnc(OC2CCC(C)CC2)c1N. The van der Waals surface area contributed by atoms with Crippen LogP contribution < -0.4 is 15.2 Å². The minimum absolute atomic E-state index is 0.215. The van der Waals surface area contributed by atoms with Gasteiger partial charge in [-0.1, -0.05) is 13.8 Å². The van der Waals surface area contributed by atoms with Crippen molar-refractivity contribution in [2.45, 2.75) is 52.1 Å². The summed E-state index contributed by atoms with van der Waals surface area (Å²) >= 11 is 0. The van der Waals surface area contributed by atoms with Gasteiger partial charge in [-0.3, -0.25) is 0 Å². The van der Waals surface area contributed by atoms with Gasteiger partial charge in [0, 0.05) is 0 Å². The molecule has 1 aromatic heterocycles. The van der Waals surface area contributed by atoms with Gasteiger partial charge in [0.2, 0.25) is 11.8 Å². The Bertz CT molecular complexity index is 404. The van der Waals surface area contributed by atoms with Crippen molar-refractivity contribution in [3.63, 3.8) is 0 Å². The molecular weight excluding hydrogens is 242 g/mol. The zero-order valence-electron chi connectivity index (χ0n) is 11.8. The van der Waals surface area contributed by atoms with E-state index < -0.39 is 0 Å². The molecule has 0 bridgehead atoms. The fourth-order valence-corrected chi connectivity index (χ4v) is 2.28. The van der Waals surface area contributed by atoms with E-state index in [1.165, 1.54) is 19.2 Å². The Morgan fingerprint density at radius 1 is 1.21 bits per heavy atom. The molecule has 0 amide bonds. The first-order valence-electron chi connectivity index (χ1n) is 7.10. The van der Waals surface area contributed by atoms with Crippen molar-refractivity contribution < 1.29 is 9.47 Å². The van der Waals surface area contributed by atoms with Crippen LogP contribution in [0, 0.1) is 5.92 Å². The van der Waals surface area contributed by atoms with Crippen LogP contribution in [0.25, 0.3) is 0 Å². The molecular formula is C14H23N3O2. The zero-order valence-corrected chi connectivity index (χ0v) is 11.8. The second-order valence-corrected chi connectivity index (χ2v) is 5.25. The van der Waals surface area contributed by atoms with E-state index in [0.717, 1.165) is 25.2 Å². The lowest BCUT2D eigenvalue weighted by Crippen LogP contribution is -2.24. The number of hydrogen-bond acceptors (Lipinski definition) is 5. The molecule has 1 aliphatic rings. The Labute approximate surface area is 114 Å². The van der Waals surface area contributed by atoms with Gasteiger partial charge in [0.25, 0.3) is 0 Å². The van der Waals surface area contributed by atoms with E-state index in [-0.39, 0.29) is 6.10 Å². The largest absolute Gasteiger partial charge is 0.476 e. The van der Waals surface area contributed by atoms with Crippen molar-refractivity contribution in [3.8, 4) is 11.8 Å². The highest BCUT2D eigenvalue weighted by atomic mass is 16.5. The predicted octanol–water partition coefficient (Wildman–Crippen LogP) is 2.81. The summed E-state index contributed by atoms with van der Waals surface area (Å²) in [6, 6.07) is 0. The van der Waals surface area contributed by atoms with Crippen LogP contribution >= 0.6 is 0 Å². The molecule has 19 heavy (non-hydrogen) atoms. The minimum Gasteiger partial charge on any atom is -0.476 e. The summed E-state index contributed by atoms with van der Waals surface area (Å²) in [5.74, 6) is 1.68. The van der Waals surface area contributed by atoms with Gasteiger partial charge >= 0.3 is 0 Å². The van der Waals surface area contributed by atoms with Crippen LogP contribution in [0.3, 0.4) is 0 Å². The van der Waals surface area contributed by atoms with Crippen molar-refractivity contribution in [2.75, 3.05) is 12.3 Å². The smallest absolute Gasteiger partial charge is 0.244 e. The Morgan fingerprint density at radius 2 is 1.89 bits per heavy atom. The molecule has 1 aliphatic carbocycles. The predicted molar refractivity (Wildman–Crippen MR) is 74.3 cm³/mol. The summed E-state index contributed by atoms with van der Waals surface area (Å²) in [7, 11) is 0. The molecule has 0 aromatic carbocycles. The topological polar surface area (TPSA) is 70.3 Å². The number of rotatable bonds is 5. The van der Waals surface area contributed by atoms with Crippen LogP contribution in [0.2, 0.25) is 0 Å². The average Bonchev–Trinajstić information content (AvgIpc) is 2.42. The molecule has 2 rings (SSSR count). The lowest BCUT2D eigenvalue weighted by molar-refractivity contribution is 0.130. The lowest BCUT2D eigenvalue weighted by Gasteiger charge is -2.26. The molecule has 0 saturated heterocycles. The number of ether oxygens (including phenoxy) is 2. The van der Waals surface area contributed by atoms with Crippen LogP contribution in [-0.4, -0.2) is 22.7 Å². The summed E-state index contributed by atoms with van der Waals surface area (Å²) in [5, 5.41) is 0. The standard InChI is InChI=1S/C14H23N3O2/c1-3-8-18-13-12(15)14(17-9-16-13)19-11-6-4-10(2)5-7-11/h9-11H,3-8,15H2,1-2H3. The molecule has 1 heterocycles. The van der Waals surface area contributed by atoms with Gasteiger partial charge in [-0.05, 0) is 38.0 Å². The van der Waals surface area contributed by atoms with E-state index in [1.54, 1.807) is 0 Å². The first-order chi connectivity index (χ1) is 9.20. The second kappa shape index (κ2) is 6.59. The summed E-state index contributed by atoms with van der Waals surface area (Å²) < 4.78 is 11.4. The highest BCUT2D eigenvalue weighted by Crippen LogP contribution is 2.31. The normalized spacial score (nSPS) is 23.1. The van der Waals surface area contributed by atoms with E-state index in [9.17, 15) is 0 Å². The van der Waals surface area contributed by atoms with Gasteiger partial charge in [-0.25, -0.2) is 0 Å². The van der Waals surface area contributed by atoms with Crippen LogP contribution in [-0.2, 0) is 0 Å². The van der Waals surface area contributed by atoms with Crippen LogP contribution in [0.15, 0.2) is 6.33 Å². The molecule has 5 heteroatoms. The van der Waals surface area contributed by atoms with Gasteiger partial charge in [0.05, 0.1) is 6.61 Å². The summed E-state index contributed by atoms with van der Waals surface area (Å²) in [6.45, 7) is 4.92. The molecule has 2 N–H and O–H groups in total. The fraction of sp³-hybridized carbons (Fsp3) is 0.714. The maximum atomic E-state index is 5.99. The van der Waals surface area contributed by atoms with Crippen LogP contribution in [0.1, 0.15) is 46.0 Å². The molecule has 106 valence electrons. The third-order valence-corrected chi connectivity index (χ3v) is 3.49. The Morgan fingerprint density at radius 3 is 2.58 bits per heavy atom. The molecule has 1 aromatic rings. The number of anilines is 1. The molecule has 0 radical (unpaired) electrons. The maximum absolute atomic E-state index is 5.99. The molecule has 0 atom stereocenters. The number of nitrogen functional groups attached to an aromatic ring is 1. The van der Waals surface area contributed by atoms with E-state index in [1.807, 2.05) is 6.92 Å². The third kappa shape index (κ3) is 3.72. The molecule has 1 saturated carbocycles.